The van der Waals surface area contributed by atoms with Crippen LogP contribution in [-0.2, 0) is 9.53 Å². The Balaban J connectivity index is 2.02. The van der Waals surface area contributed by atoms with Crippen LogP contribution < -0.4 is 0 Å². The maximum absolute atomic E-state index is 11.4. The Kier molecular flexibility index (Phi) is 2.34. The fourth-order valence-electron chi connectivity index (χ4n) is 3.25. The van der Waals surface area contributed by atoms with Crippen LogP contribution in [-0.4, -0.2) is 36.1 Å². The molecule has 15 heavy (non-hydrogen) atoms. The Hall–Kier alpha value is -0.570. The third-order valence-corrected chi connectivity index (χ3v) is 4.02. The highest BCUT2D eigenvalue weighted by molar-refractivity contribution is 5.77. The Morgan fingerprint density at radius 2 is 2.00 bits per heavy atom. The van der Waals surface area contributed by atoms with Crippen molar-refractivity contribution in [3.8, 4) is 0 Å². The molecule has 2 fully saturated rings. The van der Waals surface area contributed by atoms with Crippen LogP contribution in [0, 0.1) is 17.8 Å². The van der Waals surface area contributed by atoms with Crippen molar-refractivity contribution in [2.75, 3.05) is 13.7 Å². The zero-order valence-electron chi connectivity index (χ0n) is 10.3. The van der Waals surface area contributed by atoms with Gasteiger partial charge in [0.1, 0.15) is 0 Å². The third kappa shape index (κ3) is 1.57. The topological polar surface area (TPSA) is 29.5 Å². The molecule has 86 valence electrons. The zero-order valence-corrected chi connectivity index (χ0v) is 10.3. The lowest BCUT2D eigenvalue weighted by molar-refractivity contribution is -0.143. The molecule has 3 heteroatoms. The molecular formula is C12H21NO2. The molecule has 2 aliphatic rings. The average Bonchev–Trinajstić information content (AvgIpc) is 2.75. The summed E-state index contributed by atoms with van der Waals surface area (Å²) in [5.74, 6) is 1.26. The van der Waals surface area contributed by atoms with Crippen molar-refractivity contribution >= 4 is 5.97 Å². The van der Waals surface area contributed by atoms with Crippen LogP contribution in [0.5, 0.6) is 0 Å². The molecule has 0 aromatic rings. The fraction of sp³-hybridized carbons (Fsp3) is 0.917. The minimum absolute atomic E-state index is 0.00888. The van der Waals surface area contributed by atoms with E-state index in [0.717, 1.165) is 6.54 Å². The zero-order chi connectivity index (χ0) is 11.4. The van der Waals surface area contributed by atoms with Gasteiger partial charge in [0.25, 0.3) is 0 Å². The minimum Gasteiger partial charge on any atom is -0.469 e. The van der Waals surface area contributed by atoms with E-state index >= 15 is 0 Å². The first-order chi connectivity index (χ1) is 6.88. The normalized spacial score (nSPS) is 40.1. The van der Waals surface area contributed by atoms with E-state index in [1.54, 1.807) is 0 Å². The first-order valence-electron chi connectivity index (χ1n) is 5.72. The first kappa shape index (κ1) is 10.9. The number of hydrogen-bond acceptors (Lipinski definition) is 3. The number of nitrogens with zero attached hydrogens (tertiary/aromatic N) is 1. The van der Waals surface area contributed by atoms with Crippen LogP contribution in [0.25, 0.3) is 0 Å². The van der Waals surface area contributed by atoms with Gasteiger partial charge in [0.15, 0.2) is 0 Å². The van der Waals surface area contributed by atoms with Crippen LogP contribution in [0.2, 0.25) is 0 Å². The molecule has 1 unspecified atom stereocenters. The van der Waals surface area contributed by atoms with Gasteiger partial charge in [-0.25, -0.2) is 0 Å². The van der Waals surface area contributed by atoms with E-state index in [-0.39, 0.29) is 17.4 Å². The van der Waals surface area contributed by atoms with E-state index in [0.29, 0.717) is 17.9 Å². The van der Waals surface area contributed by atoms with Crippen molar-refractivity contribution in [3.63, 3.8) is 0 Å². The van der Waals surface area contributed by atoms with Gasteiger partial charge in [0.2, 0.25) is 0 Å². The predicted molar refractivity (Wildman–Crippen MR) is 58.4 cm³/mol. The summed E-state index contributed by atoms with van der Waals surface area (Å²) in [5.41, 5.74) is 0.216. The van der Waals surface area contributed by atoms with Crippen molar-refractivity contribution < 1.29 is 9.53 Å². The molecule has 1 aliphatic carbocycles. The molecular weight excluding hydrogens is 190 g/mol. The van der Waals surface area contributed by atoms with E-state index in [1.165, 1.54) is 7.11 Å². The lowest BCUT2D eigenvalue weighted by Crippen LogP contribution is -2.46. The number of rotatable bonds is 1. The molecule has 2 rings (SSSR count). The smallest absolute Gasteiger partial charge is 0.309 e. The number of ether oxygens (including phenoxy) is 1. The molecule has 1 saturated carbocycles. The highest BCUT2D eigenvalue weighted by Gasteiger charge is 2.64. The minimum atomic E-state index is -0.00888. The van der Waals surface area contributed by atoms with Gasteiger partial charge < -0.3 is 4.74 Å². The molecule has 0 aromatic carbocycles. The van der Waals surface area contributed by atoms with Crippen molar-refractivity contribution in [2.24, 2.45) is 17.8 Å². The number of hydrogen-bond donors (Lipinski definition) is 0. The lowest BCUT2D eigenvalue weighted by atomic mass is 10.0. The van der Waals surface area contributed by atoms with Crippen molar-refractivity contribution in [2.45, 2.75) is 39.3 Å². The van der Waals surface area contributed by atoms with Gasteiger partial charge in [-0.05, 0) is 39.5 Å². The molecule has 1 saturated heterocycles. The summed E-state index contributed by atoms with van der Waals surface area (Å²) in [5, 5.41) is 0. The second kappa shape index (κ2) is 3.21. The largest absolute Gasteiger partial charge is 0.469 e. The average molecular weight is 211 g/mol. The number of esters is 1. The molecule has 0 spiro atoms. The summed E-state index contributed by atoms with van der Waals surface area (Å²) in [6, 6.07) is 0.513. The second-order valence-electron chi connectivity index (χ2n) is 5.85. The van der Waals surface area contributed by atoms with Crippen LogP contribution in [0.15, 0.2) is 0 Å². The van der Waals surface area contributed by atoms with Gasteiger partial charge in [-0.1, -0.05) is 0 Å². The molecule has 4 atom stereocenters. The third-order valence-electron chi connectivity index (χ3n) is 4.02. The van der Waals surface area contributed by atoms with Crippen molar-refractivity contribution in [1.82, 2.24) is 4.90 Å². The molecule has 0 amide bonds. The SMILES string of the molecule is COC(=O)[C@H]1[C@@H]2CN(C(C)(C)C)C(C)[C@@H]21. The quantitative estimate of drug-likeness (QED) is 0.616. The van der Waals surface area contributed by atoms with Crippen molar-refractivity contribution in [3.05, 3.63) is 0 Å². The van der Waals surface area contributed by atoms with Crippen molar-refractivity contribution in [1.29, 1.82) is 0 Å². The molecule has 0 N–H and O–H groups in total. The molecule has 3 nitrogen and oxygen atoms in total. The summed E-state index contributed by atoms with van der Waals surface area (Å²) in [7, 11) is 1.49. The van der Waals surface area contributed by atoms with Gasteiger partial charge in [0, 0.05) is 18.1 Å². The Morgan fingerprint density at radius 1 is 1.40 bits per heavy atom. The Bertz CT molecular complexity index is 282. The number of carbonyl (C=O) groups excluding carboxylic acids is 1. The van der Waals surface area contributed by atoms with E-state index in [9.17, 15) is 4.79 Å². The van der Waals surface area contributed by atoms with E-state index in [4.69, 9.17) is 4.74 Å². The van der Waals surface area contributed by atoms with Gasteiger partial charge in [-0.2, -0.15) is 0 Å². The van der Waals surface area contributed by atoms with Gasteiger partial charge >= 0.3 is 5.97 Å². The lowest BCUT2D eigenvalue weighted by Gasteiger charge is -2.38. The maximum Gasteiger partial charge on any atom is 0.309 e. The summed E-state index contributed by atoms with van der Waals surface area (Å²) in [6.07, 6.45) is 0. The Labute approximate surface area is 91.8 Å². The number of likely N-dealkylation sites (tertiary alicyclic amines) is 1. The summed E-state index contributed by atoms with van der Waals surface area (Å²) in [6.45, 7) is 10.00. The molecule has 1 heterocycles. The van der Waals surface area contributed by atoms with Gasteiger partial charge in [0.05, 0.1) is 13.0 Å². The number of methoxy groups -OCH3 is 1. The molecule has 0 bridgehead atoms. The highest BCUT2D eigenvalue weighted by Crippen LogP contribution is 2.57. The molecule has 0 radical (unpaired) electrons. The van der Waals surface area contributed by atoms with Crippen LogP contribution in [0.3, 0.4) is 0 Å². The number of carbonyl (C=O) groups is 1. The standard InChI is InChI=1S/C12H21NO2/c1-7-9-8(10(9)11(14)15-5)6-13(7)12(2,3)4/h7-10H,6H2,1-5H3/t7?,8-,9+,10+/m1/s1. The monoisotopic (exact) mass is 211 g/mol. The maximum atomic E-state index is 11.4. The van der Waals surface area contributed by atoms with Crippen LogP contribution >= 0.6 is 0 Å². The second-order valence-corrected chi connectivity index (χ2v) is 5.85. The molecule has 1 aliphatic heterocycles. The van der Waals surface area contributed by atoms with Crippen LogP contribution in [0.1, 0.15) is 27.7 Å². The van der Waals surface area contributed by atoms with Gasteiger partial charge in [-0.3, -0.25) is 9.69 Å². The summed E-state index contributed by atoms with van der Waals surface area (Å²) in [4.78, 5) is 14.0. The molecule has 0 aromatic heterocycles. The highest BCUT2D eigenvalue weighted by atomic mass is 16.5. The fourth-order valence-corrected chi connectivity index (χ4v) is 3.25. The Morgan fingerprint density at radius 3 is 2.33 bits per heavy atom. The van der Waals surface area contributed by atoms with Gasteiger partial charge in [-0.15, -0.1) is 0 Å². The first-order valence-corrected chi connectivity index (χ1v) is 5.72. The van der Waals surface area contributed by atoms with E-state index in [1.807, 2.05) is 0 Å². The van der Waals surface area contributed by atoms with Crippen LogP contribution in [0.4, 0.5) is 0 Å². The summed E-state index contributed by atoms with van der Waals surface area (Å²) >= 11 is 0. The number of fused-ring (bicyclic) bond motifs is 1. The summed E-state index contributed by atoms with van der Waals surface area (Å²) < 4.78 is 4.82. The van der Waals surface area contributed by atoms with E-state index in [2.05, 4.69) is 32.6 Å². The van der Waals surface area contributed by atoms with E-state index < -0.39 is 0 Å². The predicted octanol–water partition coefficient (Wildman–Crippen LogP) is 1.52. The number of piperidine rings is 1.